The number of hydrogen-bond acceptors (Lipinski definition) is 6. The number of hydrogen-bond donors (Lipinski definition) is 1. The summed E-state index contributed by atoms with van der Waals surface area (Å²) < 4.78 is 14.9. The van der Waals surface area contributed by atoms with Gasteiger partial charge in [0, 0.05) is 26.4 Å². The molecule has 3 atom stereocenters. The van der Waals surface area contributed by atoms with Crippen LogP contribution in [0.25, 0.3) is 0 Å². The van der Waals surface area contributed by atoms with E-state index >= 15 is 0 Å². The Morgan fingerprint density at radius 2 is 2.00 bits per heavy atom. The predicted octanol–water partition coefficient (Wildman–Crippen LogP) is -0.0291. The molecule has 0 bridgehead atoms. The molecule has 1 fully saturated rings. The Bertz CT molecular complexity index is 338. The molecular weight excluding hydrogens is 244 g/mol. The van der Waals surface area contributed by atoms with Gasteiger partial charge in [-0.25, -0.2) is 4.79 Å². The minimum Gasteiger partial charge on any atom is -0.478 e. The Labute approximate surface area is 104 Å². The van der Waals surface area contributed by atoms with Gasteiger partial charge in [-0.2, -0.15) is 0 Å². The van der Waals surface area contributed by atoms with Gasteiger partial charge in [0.05, 0.1) is 6.10 Å². The molecule has 0 aromatic carbocycles. The van der Waals surface area contributed by atoms with Crippen molar-refractivity contribution in [2.24, 2.45) is 5.92 Å². The zero-order valence-corrected chi connectivity index (χ0v) is 10.3. The summed E-state index contributed by atoms with van der Waals surface area (Å²) in [6, 6.07) is 0. The number of carbonyl (C=O) groups is 3. The van der Waals surface area contributed by atoms with E-state index in [1.165, 1.54) is 6.92 Å². The SMILES string of the molecule is CC(=O)OCC1OCCC1C(OC(C)=O)C(=O)O. The Kier molecular flexibility index (Phi) is 5.08. The molecule has 102 valence electrons. The van der Waals surface area contributed by atoms with Crippen molar-refractivity contribution in [1.82, 2.24) is 0 Å². The smallest absolute Gasteiger partial charge is 0.345 e. The lowest BCUT2D eigenvalue weighted by molar-refractivity contribution is -0.169. The Balaban J connectivity index is 2.67. The molecule has 7 heteroatoms. The van der Waals surface area contributed by atoms with E-state index < -0.39 is 36.0 Å². The number of aliphatic carboxylic acids is 1. The van der Waals surface area contributed by atoms with Gasteiger partial charge in [0.2, 0.25) is 6.10 Å². The Hall–Kier alpha value is -1.63. The van der Waals surface area contributed by atoms with Gasteiger partial charge in [0.25, 0.3) is 0 Å². The summed E-state index contributed by atoms with van der Waals surface area (Å²) in [7, 11) is 0. The van der Waals surface area contributed by atoms with Crippen LogP contribution in [0.1, 0.15) is 20.3 Å². The maximum atomic E-state index is 11.1. The lowest BCUT2D eigenvalue weighted by atomic mass is 9.95. The van der Waals surface area contributed by atoms with Gasteiger partial charge >= 0.3 is 17.9 Å². The molecule has 1 heterocycles. The maximum absolute atomic E-state index is 11.1. The van der Waals surface area contributed by atoms with E-state index in [2.05, 4.69) is 0 Å². The molecule has 1 N–H and O–H groups in total. The van der Waals surface area contributed by atoms with Crippen LogP contribution in [0.4, 0.5) is 0 Å². The van der Waals surface area contributed by atoms with Crippen LogP contribution in [-0.4, -0.2) is 48.4 Å². The normalized spacial score (nSPS) is 24.3. The molecule has 0 saturated carbocycles. The van der Waals surface area contributed by atoms with Gasteiger partial charge in [-0.15, -0.1) is 0 Å². The first kappa shape index (κ1) is 14.4. The summed E-state index contributed by atoms with van der Waals surface area (Å²) in [6.07, 6.45) is -1.39. The molecule has 0 spiro atoms. The summed E-state index contributed by atoms with van der Waals surface area (Å²) in [5, 5.41) is 9.04. The third-order valence-corrected chi connectivity index (χ3v) is 2.64. The highest BCUT2D eigenvalue weighted by atomic mass is 16.6. The van der Waals surface area contributed by atoms with Gasteiger partial charge in [-0.3, -0.25) is 9.59 Å². The predicted molar refractivity (Wildman–Crippen MR) is 57.7 cm³/mol. The van der Waals surface area contributed by atoms with Crippen molar-refractivity contribution in [2.45, 2.75) is 32.5 Å². The second-order valence-electron chi connectivity index (χ2n) is 4.03. The number of esters is 2. The molecule has 0 amide bonds. The number of carbonyl (C=O) groups excluding carboxylic acids is 2. The zero-order chi connectivity index (χ0) is 13.7. The Morgan fingerprint density at radius 1 is 1.33 bits per heavy atom. The molecule has 18 heavy (non-hydrogen) atoms. The van der Waals surface area contributed by atoms with Crippen molar-refractivity contribution in [2.75, 3.05) is 13.2 Å². The van der Waals surface area contributed by atoms with E-state index in [0.717, 1.165) is 6.92 Å². The summed E-state index contributed by atoms with van der Waals surface area (Å²) in [5.41, 5.74) is 0. The van der Waals surface area contributed by atoms with E-state index in [0.29, 0.717) is 13.0 Å². The molecule has 1 rings (SSSR count). The van der Waals surface area contributed by atoms with Crippen LogP contribution in [-0.2, 0) is 28.6 Å². The topological polar surface area (TPSA) is 99.1 Å². The van der Waals surface area contributed by atoms with Crippen molar-refractivity contribution < 1.29 is 33.7 Å². The van der Waals surface area contributed by atoms with Crippen LogP contribution >= 0.6 is 0 Å². The summed E-state index contributed by atoms with van der Waals surface area (Å²) in [4.78, 5) is 32.7. The number of carboxylic acids is 1. The van der Waals surface area contributed by atoms with Crippen molar-refractivity contribution >= 4 is 17.9 Å². The summed E-state index contributed by atoms with van der Waals surface area (Å²) in [5.74, 6) is -2.87. The van der Waals surface area contributed by atoms with Crippen molar-refractivity contribution in [1.29, 1.82) is 0 Å². The first-order chi connectivity index (χ1) is 8.41. The summed E-state index contributed by atoms with van der Waals surface area (Å²) >= 11 is 0. The number of ether oxygens (including phenoxy) is 3. The average molecular weight is 260 g/mol. The molecule has 1 saturated heterocycles. The fraction of sp³-hybridized carbons (Fsp3) is 0.727. The fourth-order valence-corrected chi connectivity index (χ4v) is 1.88. The van der Waals surface area contributed by atoms with Crippen LogP contribution in [0.2, 0.25) is 0 Å². The molecule has 7 nitrogen and oxygen atoms in total. The minimum atomic E-state index is -1.27. The van der Waals surface area contributed by atoms with E-state index in [1.54, 1.807) is 0 Å². The van der Waals surface area contributed by atoms with Crippen molar-refractivity contribution in [3.05, 3.63) is 0 Å². The van der Waals surface area contributed by atoms with Crippen LogP contribution in [0, 0.1) is 5.92 Å². The highest BCUT2D eigenvalue weighted by Crippen LogP contribution is 2.27. The zero-order valence-electron chi connectivity index (χ0n) is 10.3. The molecule has 0 aromatic heterocycles. The van der Waals surface area contributed by atoms with E-state index in [1.807, 2.05) is 0 Å². The first-order valence-electron chi connectivity index (χ1n) is 5.56. The van der Waals surface area contributed by atoms with Crippen molar-refractivity contribution in [3.8, 4) is 0 Å². The van der Waals surface area contributed by atoms with Crippen LogP contribution < -0.4 is 0 Å². The number of carboxylic acid groups (broad SMARTS) is 1. The molecule has 3 unspecified atom stereocenters. The lowest BCUT2D eigenvalue weighted by Crippen LogP contribution is -2.40. The van der Waals surface area contributed by atoms with E-state index in [9.17, 15) is 14.4 Å². The van der Waals surface area contributed by atoms with Crippen LogP contribution in [0.5, 0.6) is 0 Å². The van der Waals surface area contributed by atoms with E-state index in [4.69, 9.17) is 19.3 Å². The summed E-state index contributed by atoms with van der Waals surface area (Å²) in [6.45, 7) is 2.71. The molecule has 0 radical (unpaired) electrons. The number of rotatable bonds is 5. The molecule has 0 aliphatic carbocycles. The monoisotopic (exact) mass is 260 g/mol. The second kappa shape index (κ2) is 6.34. The molecule has 1 aliphatic rings. The van der Waals surface area contributed by atoms with Crippen LogP contribution in [0.3, 0.4) is 0 Å². The molecule has 1 aliphatic heterocycles. The average Bonchev–Trinajstić information content (AvgIpc) is 2.70. The van der Waals surface area contributed by atoms with Gasteiger partial charge in [-0.1, -0.05) is 0 Å². The maximum Gasteiger partial charge on any atom is 0.345 e. The van der Waals surface area contributed by atoms with Gasteiger partial charge in [0.15, 0.2) is 0 Å². The Morgan fingerprint density at radius 3 is 2.50 bits per heavy atom. The third-order valence-electron chi connectivity index (χ3n) is 2.64. The highest BCUT2D eigenvalue weighted by Gasteiger charge is 2.41. The van der Waals surface area contributed by atoms with E-state index in [-0.39, 0.29) is 6.61 Å². The standard InChI is InChI=1S/C11H16O7/c1-6(12)17-5-9-8(3-4-16-9)10(11(14)15)18-7(2)13/h8-10H,3-5H2,1-2H3,(H,14,15). The van der Waals surface area contributed by atoms with Gasteiger partial charge < -0.3 is 19.3 Å². The third kappa shape index (κ3) is 3.99. The van der Waals surface area contributed by atoms with Gasteiger partial charge in [0.1, 0.15) is 6.61 Å². The fourth-order valence-electron chi connectivity index (χ4n) is 1.88. The molecule has 0 aromatic rings. The quantitative estimate of drug-likeness (QED) is 0.693. The lowest BCUT2D eigenvalue weighted by Gasteiger charge is -2.23. The second-order valence-corrected chi connectivity index (χ2v) is 4.03. The van der Waals surface area contributed by atoms with Crippen molar-refractivity contribution in [3.63, 3.8) is 0 Å². The first-order valence-corrected chi connectivity index (χ1v) is 5.56. The highest BCUT2D eigenvalue weighted by molar-refractivity contribution is 5.77. The largest absolute Gasteiger partial charge is 0.478 e. The van der Waals surface area contributed by atoms with Crippen LogP contribution in [0.15, 0.2) is 0 Å². The molecular formula is C11H16O7. The van der Waals surface area contributed by atoms with Gasteiger partial charge in [-0.05, 0) is 6.42 Å². The minimum absolute atomic E-state index is 0.0367.